The molecule has 3 rings (SSSR count). The first-order valence-corrected chi connectivity index (χ1v) is 6.84. The van der Waals surface area contributed by atoms with E-state index in [0.717, 1.165) is 38.8 Å². The van der Waals surface area contributed by atoms with Crippen LogP contribution in [-0.2, 0) is 4.74 Å². The van der Waals surface area contributed by atoms with E-state index in [1.807, 2.05) is 0 Å². The van der Waals surface area contributed by atoms with Crippen LogP contribution in [0.15, 0.2) is 0 Å². The van der Waals surface area contributed by atoms with Gasteiger partial charge in [-0.25, -0.2) is 0 Å². The lowest BCUT2D eigenvalue weighted by atomic mass is 9.69. The van der Waals surface area contributed by atoms with Crippen molar-refractivity contribution in [2.45, 2.75) is 50.8 Å². The summed E-state index contributed by atoms with van der Waals surface area (Å²) in [6.45, 7) is 2.03. The van der Waals surface area contributed by atoms with Crippen molar-refractivity contribution in [1.29, 1.82) is 0 Å². The van der Waals surface area contributed by atoms with Crippen molar-refractivity contribution >= 4 is 0 Å². The van der Waals surface area contributed by atoms with Crippen molar-refractivity contribution in [2.24, 2.45) is 10.8 Å². The van der Waals surface area contributed by atoms with Gasteiger partial charge in [-0.2, -0.15) is 13.2 Å². The first-order chi connectivity index (χ1) is 8.45. The van der Waals surface area contributed by atoms with Crippen molar-refractivity contribution in [1.82, 2.24) is 5.32 Å². The zero-order valence-electron chi connectivity index (χ0n) is 10.5. The molecular weight excluding hydrogens is 243 g/mol. The Morgan fingerprint density at radius 3 is 2.06 bits per heavy atom. The maximum atomic E-state index is 12.7. The molecule has 104 valence electrons. The second kappa shape index (κ2) is 4.10. The minimum absolute atomic E-state index is 0.0519. The van der Waals surface area contributed by atoms with E-state index in [-0.39, 0.29) is 25.6 Å². The first kappa shape index (κ1) is 12.7. The van der Waals surface area contributed by atoms with Crippen LogP contribution in [0.4, 0.5) is 13.2 Å². The minimum atomic E-state index is -4.08. The molecule has 3 fully saturated rings. The zero-order chi connectivity index (χ0) is 12.9. The maximum absolute atomic E-state index is 12.7. The van der Waals surface area contributed by atoms with E-state index < -0.39 is 11.6 Å². The first-order valence-electron chi connectivity index (χ1n) is 6.84. The fraction of sp³-hybridized carbons (Fsp3) is 1.00. The average molecular weight is 263 g/mol. The summed E-state index contributed by atoms with van der Waals surface area (Å²) in [6, 6.07) is 0. The van der Waals surface area contributed by atoms with Gasteiger partial charge in [0.25, 0.3) is 0 Å². The van der Waals surface area contributed by atoms with Crippen LogP contribution in [-0.4, -0.2) is 32.0 Å². The standard InChI is InChI=1S/C13H20F3NO/c14-13(15,16)12(5-6-12)9-18-10-1-3-11(4-2-10)7-17-8-11/h10,17H,1-9H2. The summed E-state index contributed by atoms with van der Waals surface area (Å²) < 4.78 is 43.8. The van der Waals surface area contributed by atoms with Gasteiger partial charge in [0.1, 0.15) is 0 Å². The summed E-state index contributed by atoms with van der Waals surface area (Å²) in [5, 5.41) is 3.28. The number of nitrogens with one attached hydrogen (secondary N) is 1. The molecule has 0 aromatic heterocycles. The minimum Gasteiger partial charge on any atom is -0.377 e. The van der Waals surface area contributed by atoms with Gasteiger partial charge in [-0.15, -0.1) is 0 Å². The van der Waals surface area contributed by atoms with Crippen molar-refractivity contribution in [3.05, 3.63) is 0 Å². The van der Waals surface area contributed by atoms with Gasteiger partial charge < -0.3 is 10.1 Å². The molecule has 1 heterocycles. The third kappa shape index (κ3) is 2.16. The van der Waals surface area contributed by atoms with Crippen LogP contribution in [0.25, 0.3) is 0 Å². The van der Waals surface area contributed by atoms with Crippen LogP contribution in [0, 0.1) is 10.8 Å². The monoisotopic (exact) mass is 263 g/mol. The molecule has 1 saturated heterocycles. The molecule has 1 N–H and O–H groups in total. The number of alkyl halides is 3. The second-order valence-electron chi connectivity index (χ2n) is 6.39. The van der Waals surface area contributed by atoms with Crippen LogP contribution in [0.5, 0.6) is 0 Å². The summed E-state index contributed by atoms with van der Waals surface area (Å²) in [4.78, 5) is 0. The Kier molecular flexibility index (Phi) is 2.90. The van der Waals surface area contributed by atoms with Gasteiger partial charge in [-0.3, -0.25) is 0 Å². The molecule has 0 radical (unpaired) electrons. The van der Waals surface area contributed by atoms with Crippen LogP contribution < -0.4 is 5.32 Å². The molecule has 0 aromatic rings. The Morgan fingerprint density at radius 1 is 1.06 bits per heavy atom. The molecule has 0 aromatic carbocycles. The highest BCUT2D eigenvalue weighted by Crippen LogP contribution is 2.58. The number of ether oxygens (including phenoxy) is 1. The molecule has 5 heteroatoms. The summed E-state index contributed by atoms with van der Waals surface area (Å²) >= 11 is 0. The number of halogens is 3. The maximum Gasteiger partial charge on any atom is 0.396 e. The van der Waals surface area contributed by atoms with E-state index in [1.54, 1.807) is 0 Å². The van der Waals surface area contributed by atoms with Gasteiger partial charge in [0, 0.05) is 13.1 Å². The quantitative estimate of drug-likeness (QED) is 0.845. The predicted molar refractivity (Wildman–Crippen MR) is 61.2 cm³/mol. The van der Waals surface area contributed by atoms with E-state index in [9.17, 15) is 13.2 Å². The number of hydrogen-bond acceptors (Lipinski definition) is 2. The molecule has 1 aliphatic heterocycles. The normalized spacial score (nSPS) is 30.2. The van der Waals surface area contributed by atoms with Gasteiger partial charge in [0.2, 0.25) is 0 Å². The van der Waals surface area contributed by atoms with E-state index in [4.69, 9.17) is 4.74 Å². The Hall–Kier alpha value is -0.290. The lowest BCUT2D eigenvalue weighted by Crippen LogP contribution is -2.55. The molecule has 18 heavy (non-hydrogen) atoms. The summed E-state index contributed by atoms with van der Waals surface area (Å²) in [6.07, 6.45) is 0.518. The van der Waals surface area contributed by atoms with Crippen molar-refractivity contribution in [3.63, 3.8) is 0 Å². The largest absolute Gasteiger partial charge is 0.396 e. The molecule has 0 atom stereocenters. The fourth-order valence-electron chi connectivity index (χ4n) is 3.14. The molecule has 0 bridgehead atoms. The van der Waals surface area contributed by atoms with E-state index in [0.29, 0.717) is 5.41 Å². The zero-order valence-corrected chi connectivity index (χ0v) is 10.5. The molecule has 0 unspecified atom stereocenters. The lowest BCUT2D eigenvalue weighted by Gasteiger charge is -2.47. The molecule has 2 nitrogen and oxygen atoms in total. The Bertz CT molecular complexity index is 311. The van der Waals surface area contributed by atoms with E-state index >= 15 is 0 Å². The Morgan fingerprint density at radius 2 is 1.67 bits per heavy atom. The van der Waals surface area contributed by atoms with Gasteiger partial charge in [0.05, 0.1) is 18.1 Å². The SMILES string of the molecule is FC(F)(F)C1(COC2CCC3(CC2)CNC3)CC1. The van der Waals surface area contributed by atoms with Crippen LogP contribution in [0.1, 0.15) is 38.5 Å². The van der Waals surface area contributed by atoms with Crippen molar-refractivity contribution in [3.8, 4) is 0 Å². The van der Waals surface area contributed by atoms with Crippen LogP contribution >= 0.6 is 0 Å². The van der Waals surface area contributed by atoms with Gasteiger partial charge >= 0.3 is 6.18 Å². The molecule has 3 aliphatic rings. The number of rotatable bonds is 3. The molecule has 0 amide bonds. The lowest BCUT2D eigenvalue weighted by molar-refractivity contribution is -0.207. The Labute approximate surface area is 105 Å². The van der Waals surface area contributed by atoms with E-state index in [1.165, 1.54) is 0 Å². The second-order valence-corrected chi connectivity index (χ2v) is 6.39. The molecule has 2 saturated carbocycles. The summed E-state index contributed by atoms with van der Waals surface area (Å²) in [5.41, 5.74) is -1.05. The van der Waals surface area contributed by atoms with Crippen LogP contribution in [0.2, 0.25) is 0 Å². The highest BCUT2D eigenvalue weighted by Gasteiger charge is 2.63. The summed E-state index contributed by atoms with van der Waals surface area (Å²) in [7, 11) is 0. The van der Waals surface area contributed by atoms with Gasteiger partial charge in [-0.1, -0.05) is 0 Å². The van der Waals surface area contributed by atoms with Crippen LogP contribution in [0.3, 0.4) is 0 Å². The van der Waals surface area contributed by atoms with Crippen molar-refractivity contribution in [2.75, 3.05) is 19.7 Å². The fourth-order valence-corrected chi connectivity index (χ4v) is 3.14. The van der Waals surface area contributed by atoms with E-state index in [2.05, 4.69) is 5.32 Å². The topological polar surface area (TPSA) is 21.3 Å². The van der Waals surface area contributed by atoms with Gasteiger partial charge in [0.15, 0.2) is 0 Å². The third-order valence-corrected chi connectivity index (χ3v) is 5.04. The highest BCUT2D eigenvalue weighted by molar-refractivity contribution is 5.00. The predicted octanol–water partition coefficient (Wildman–Crippen LogP) is 2.88. The molecule has 2 aliphatic carbocycles. The third-order valence-electron chi connectivity index (χ3n) is 5.04. The molecular formula is C13H20F3NO. The Balaban J connectivity index is 1.45. The smallest absolute Gasteiger partial charge is 0.377 e. The van der Waals surface area contributed by atoms with Crippen molar-refractivity contribution < 1.29 is 17.9 Å². The number of hydrogen-bond donors (Lipinski definition) is 1. The average Bonchev–Trinajstić information content (AvgIpc) is 3.05. The summed E-state index contributed by atoms with van der Waals surface area (Å²) in [5.74, 6) is 0. The highest BCUT2D eigenvalue weighted by atomic mass is 19.4. The molecule has 1 spiro atoms. The van der Waals surface area contributed by atoms with Gasteiger partial charge in [-0.05, 0) is 43.9 Å².